The van der Waals surface area contributed by atoms with Crippen molar-refractivity contribution < 1.29 is 46.1 Å². The molecule has 0 heterocycles. The average Bonchev–Trinajstić information content (AvgIpc) is 3.07. The molecule has 4 rings (SSSR count). The molecule has 0 fully saturated rings. The molecule has 0 nitrogen and oxygen atoms in total. The standard InChI is InChI=1S/2C10H13.C3H6.2ClH.Zr/c2*1-8-6-7-9-4-2-3-5-10(8)9;1-3-2;;;/h2*7-8H,2-5H2,1H3;1-2H3;2*1H;/q;;;;;+2/p-2/t2*8-;;;;/m10..../s1. The van der Waals surface area contributed by atoms with Gasteiger partial charge in [-0.2, -0.15) is 0 Å². The Hall–Kier alpha value is 0.293. The summed E-state index contributed by atoms with van der Waals surface area (Å²) >= 11 is -1.83. The molecule has 4 aliphatic carbocycles. The van der Waals surface area contributed by atoms with Crippen molar-refractivity contribution in [3.05, 3.63) is 41.0 Å². The van der Waals surface area contributed by atoms with Gasteiger partial charge >= 0.3 is 156 Å². The van der Waals surface area contributed by atoms with Gasteiger partial charge in [-0.1, -0.05) is 0 Å². The molecule has 0 saturated carbocycles. The van der Waals surface area contributed by atoms with E-state index in [1.807, 2.05) is 17.7 Å². The van der Waals surface area contributed by atoms with Crippen molar-refractivity contribution in [2.24, 2.45) is 11.8 Å². The normalized spacial score (nSPS) is 26.7. The van der Waals surface area contributed by atoms with Crippen LogP contribution in [0.1, 0.15) is 79.1 Å². The van der Waals surface area contributed by atoms with E-state index in [9.17, 15) is 0 Å². The minimum atomic E-state index is -1.83. The number of allylic oxidation sites excluding steroid dienone is 8. The molecular weight excluding hydrogens is 438 g/mol. The number of rotatable bonds is 2. The van der Waals surface area contributed by atoms with Crippen molar-refractivity contribution in [1.29, 1.82) is 0 Å². The molecular formula is C23H32Cl2Zr. The smallest absolute Gasteiger partial charge is 1.00 e. The van der Waals surface area contributed by atoms with Crippen molar-refractivity contribution >= 4 is 3.21 Å². The van der Waals surface area contributed by atoms with Gasteiger partial charge in [0.2, 0.25) is 0 Å². The molecule has 0 radical (unpaired) electrons. The maximum absolute atomic E-state index is 2.70. The summed E-state index contributed by atoms with van der Waals surface area (Å²) in [6.07, 6.45) is 16.5. The third-order valence-electron chi connectivity index (χ3n) is 6.82. The van der Waals surface area contributed by atoms with E-state index in [-0.39, 0.29) is 24.8 Å². The molecule has 26 heavy (non-hydrogen) atoms. The van der Waals surface area contributed by atoms with Crippen LogP contribution in [0.3, 0.4) is 0 Å². The first kappa shape index (κ1) is 22.6. The molecule has 3 heteroatoms. The van der Waals surface area contributed by atoms with Crippen LogP contribution in [0.4, 0.5) is 0 Å². The van der Waals surface area contributed by atoms with E-state index in [0.717, 1.165) is 11.8 Å². The van der Waals surface area contributed by atoms with Crippen molar-refractivity contribution in [3.63, 3.8) is 0 Å². The molecule has 0 unspecified atom stereocenters. The first-order valence-electron chi connectivity index (χ1n) is 10.1. The van der Waals surface area contributed by atoms with Gasteiger partial charge in [-0.3, -0.25) is 0 Å². The van der Waals surface area contributed by atoms with Gasteiger partial charge in [0.15, 0.2) is 0 Å². The molecule has 2 atom stereocenters. The molecule has 0 aromatic rings. The Morgan fingerprint density at radius 1 is 0.731 bits per heavy atom. The Bertz CT molecular complexity index is 673. The van der Waals surface area contributed by atoms with Crippen molar-refractivity contribution in [1.82, 2.24) is 0 Å². The number of halogens is 2. The summed E-state index contributed by atoms with van der Waals surface area (Å²) in [6, 6.07) is 0. The monoisotopic (exact) mass is 468 g/mol. The fraction of sp³-hybridized carbons (Fsp3) is 0.609. The predicted molar refractivity (Wildman–Crippen MR) is 102 cm³/mol. The quantitative estimate of drug-likeness (QED) is 0.556. The van der Waals surface area contributed by atoms with Crippen LogP contribution < -0.4 is 24.8 Å². The maximum Gasteiger partial charge on any atom is -1.00 e. The van der Waals surface area contributed by atoms with Gasteiger partial charge in [0, 0.05) is 0 Å². The summed E-state index contributed by atoms with van der Waals surface area (Å²) < 4.78 is 5.60. The number of hydrogen-bond donors (Lipinski definition) is 0. The first-order chi connectivity index (χ1) is 11.6. The fourth-order valence-electron chi connectivity index (χ4n) is 5.55. The van der Waals surface area contributed by atoms with Gasteiger partial charge in [-0.05, 0) is 0 Å². The largest absolute Gasteiger partial charge is 1.00 e. The van der Waals surface area contributed by atoms with Gasteiger partial charge in [0.1, 0.15) is 0 Å². The second kappa shape index (κ2) is 9.19. The molecule has 0 N–H and O–H groups in total. The van der Waals surface area contributed by atoms with Crippen LogP contribution in [0.5, 0.6) is 0 Å². The van der Waals surface area contributed by atoms with E-state index in [0.29, 0.717) is 0 Å². The fourth-order valence-corrected chi connectivity index (χ4v) is 13.8. The van der Waals surface area contributed by atoms with Crippen LogP contribution in [-0.2, 0) is 21.3 Å². The minimum Gasteiger partial charge on any atom is -1.00 e. The summed E-state index contributed by atoms with van der Waals surface area (Å²) in [5.74, 6) is 1.52. The topological polar surface area (TPSA) is 0 Å². The van der Waals surface area contributed by atoms with E-state index >= 15 is 0 Å². The van der Waals surface area contributed by atoms with E-state index in [2.05, 4.69) is 39.8 Å². The van der Waals surface area contributed by atoms with Crippen LogP contribution in [0.2, 0.25) is 0 Å². The summed E-state index contributed by atoms with van der Waals surface area (Å²) in [5.41, 5.74) is 7.12. The van der Waals surface area contributed by atoms with E-state index in [1.165, 1.54) is 51.4 Å². The Morgan fingerprint density at radius 3 is 1.46 bits per heavy atom. The summed E-state index contributed by atoms with van der Waals surface area (Å²) in [7, 11) is 0. The van der Waals surface area contributed by atoms with E-state index in [1.54, 1.807) is 14.4 Å². The average molecular weight is 471 g/mol. The second-order valence-electron chi connectivity index (χ2n) is 8.53. The van der Waals surface area contributed by atoms with Crippen LogP contribution in [0, 0.1) is 11.8 Å². The molecule has 0 bridgehead atoms. The van der Waals surface area contributed by atoms with E-state index < -0.39 is 21.3 Å². The third kappa shape index (κ3) is 3.88. The molecule has 142 valence electrons. The van der Waals surface area contributed by atoms with E-state index in [4.69, 9.17) is 0 Å². The Balaban J connectivity index is 0.00000121. The van der Waals surface area contributed by atoms with Gasteiger partial charge in [0.05, 0.1) is 0 Å². The van der Waals surface area contributed by atoms with Crippen LogP contribution >= 0.6 is 0 Å². The molecule has 0 saturated heterocycles. The zero-order valence-electron chi connectivity index (χ0n) is 16.7. The van der Waals surface area contributed by atoms with Gasteiger partial charge in [-0.25, -0.2) is 0 Å². The van der Waals surface area contributed by atoms with Crippen molar-refractivity contribution in [3.8, 4) is 0 Å². The van der Waals surface area contributed by atoms with Gasteiger partial charge < -0.3 is 24.8 Å². The van der Waals surface area contributed by atoms with Crippen LogP contribution in [0.25, 0.3) is 0 Å². The second-order valence-corrected chi connectivity index (χ2v) is 15.7. The molecule has 0 aromatic carbocycles. The molecule has 4 aliphatic rings. The van der Waals surface area contributed by atoms with Crippen LogP contribution in [0.15, 0.2) is 41.0 Å². The first-order valence-corrected chi connectivity index (χ1v) is 13.8. The summed E-state index contributed by atoms with van der Waals surface area (Å²) in [5, 5.41) is 0. The number of hydrogen-bond acceptors (Lipinski definition) is 0. The molecule has 0 aliphatic heterocycles. The van der Waals surface area contributed by atoms with Crippen molar-refractivity contribution in [2.45, 2.75) is 79.1 Å². The van der Waals surface area contributed by atoms with Crippen molar-refractivity contribution in [2.75, 3.05) is 0 Å². The third-order valence-corrected chi connectivity index (χ3v) is 15.0. The van der Waals surface area contributed by atoms with Gasteiger partial charge in [-0.15, -0.1) is 0 Å². The van der Waals surface area contributed by atoms with Gasteiger partial charge in [0.25, 0.3) is 0 Å². The van der Waals surface area contributed by atoms with Crippen LogP contribution in [-0.4, -0.2) is 3.21 Å². The zero-order valence-corrected chi connectivity index (χ0v) is 20.7. The summed E-state index contributed by atoms with van der Waals surface area (Å²) in [6.45, 7) is 9.95. The minimum absolute atomic E-state index is 0. The zero-order chi connectivity index (χ0) is 16.8. The maximum atomic E-state index is 2.70. The molecule has 0 spiro atoms. The Labute approximate surface area is 180 Å². The molecule has 0 aromatic heterocycles. The SMILES string of the molecule is C[C](C)=[Zr+2]([C]1=CC2=C(CCCC2)[C@@H]1C)[C]1=CC2=C(CCCC2)[C@H]1C.[Cl-].[Cl-]. The Kier molecular flexibility index (Phi) is 7.98. The predicted octanol–water partition coefficient (Wildman–Crippen LogP) is 0.633. The molecule has 0 amide bonds. The Morgan fingerprint density at radius 2 is 1.12 bits per heavy atom. The summed E-state index contributed by atoms with van der Waals surface area (Å²) in [4.78, 5) is 0.